The normalized spacial score (nSPS) is 9.69. The molecule has 1 rings (SSSR count). The van der Waals surface area contributed by atoms with E-state index >= 15 is 0 Å². The van der Waals surface area contributed by atoms with Crippen molar-refractivity contribution in [3.05, 3.63) is 12.1 Å². The molecule has 0 bridgehead atoms. The van der Waals surface area contributed by atoms with Crippen molar-refractivity contribution < 1.29 is 14.9 Å². The number of hydrogen-bond donors (Lipinski definition) is 3. The smallest absolute Gasteiger partial charge is 0.164 e. The van der Waals surface area contributed by atoms with Crippen LogP contribution in [0.25, 0.3) is 0 Å². The van der Waals surface area contributed by atoms with Gasteiger partial charge in [-0.2, -0.15) is 0 Å². The molecule has 0 radical (unpaired) electrons. The van der Waals surface area contributed by atoms with Crippen molar-refractivity contribution >= 4 is 5.69 Å². The summed E-state index contributed by atoms with van der Waals surface area (Å²) in [5.74, 6) is 0.340. The number of phenolic OH excluding ortho intramolecular Hbond substituents is 2. The Kier molecular flexibility index (Phi) is 2.84. The van der Waals surface area contributed by atoms with Crippen LogP contribution in [0.15, 0.2) is 12.1 Å². The van der Waals surface area contributed by atoms with Crippen LogP contribution in [0, 0.1) is 0 Å². The highest BCUT2D eigenvalue weighted by molar-refractivity contribution is 5.63. The van der Waals surface area contributed by atoms with Crippen LogP contribution in [0.2, 0.25) is 0 Å². The maximum atomic E-state index is 9.42. The highest BCUT2D eigenvalue weighted by Crippen LogP contribution is 2.36. The summed E-state index contributed by atoms with van der Waals surface area (Å²) in [5.41, 5.74) is 0.501. The van der Waals surface area contributed by atoms with Gasteiger partial charge in [-0.1, -0.05) is 0 Å². The molecule has 0 amide bonds. The van der Waals surface area contributed by atoms with Crippen molar-refractivity contribution in [3.8, 4) is 17.2 Å². The topological polar surface area (TPSA) is 61.7 Å². The average Bonchev–Trinajstić information content (AvgIpc) is 2.11. The molecule has 13 heavy (non-hydrogen) atoms. The van der Waals surface area contributed by atoms with Crippen LogP contribution in [0.1, 0.15) is 6.92 Å². The van der Waals surface area contributed by atoms with Crippen LogP contribution < -0.4 is 10.1 Å². The Morgan fingerprint density at radius 2 is 2.00 bits per heavy atom. The summed E-state index contributed by atoms with van der Waals surface area (Å²) in [6, 6.07) is 2.80. The lowest BCUT2D eigenvalue weighted by Gasteiger charge is -2.09. The van der Waals surface area contributed by atoms with Gasteiger partial charge in [-0.05, 0) is 6.92 Å². The zero-order valence-corrected chi connectivity index (χ0v) is 7.66. The van der Waals surface area contributed by atoms with E-state index in [9.17, 15) is 10.2 Å². The standard InChI is InChI=1S/C9H13NO3/c1-3-10-6-4-8(12)9(13-2)5-7(6)11/h4-5,10-12H,3H2,1-2H3. The number of hydrogen-bond acceptors (Lipinski definition) is 4. The fourth-order valence-corrected chi connectivity index (χ4v) is 1.05. The molecule has 0 aliphatic carbocycles. The Hall–Kier alpha value is -1.58. The highest BCUT2D eigenvalue weighted by Gasteiger charge is 2.07. The average molecular weight is 183 g/mol. The summed E-state index contributed by atoms with van der Waals surface area (Å²) in [7, 11) is 1.43. The van der Waals surface area contributed by atoms with Gasteiger partial charge in [0.05, 0.1) is 12.8 Å². The van der Waals surface area contributed by atoms with E-state index in [1.807, 2.05) is 6.92 Å². The van der Waals surface area contributed by atoms with Gasteiger partial charge in [-0.15, -0.1) is 0 Å². The Labute approximate surface area is 76.8 Å². The second-order valence-electron chi connectivity index (χ2n) is 2.57. The number of ether oxygens (including phenoxy) is 1. The fraction of sp³-hybridized carbons (Fsp3) is 0.333. The van der Waals surface area contributed by atoms with Crippen LogP contribution in [0.5, 0.6) is 17.2 Å². The third-order valence-electron chi connectivity index (χ3n) is 1.66. The Balaban J connectivity index is 3.05. The maximum absolute atomic E-state index is 9.42. The van der Waals surface area contributed by atoms with Crippen LogP contribution in [0.4, 0.5) is 5.69 Å². The number of aromatic hydroxyl groups is 2. The van der Waals surface area contributed by atoms with E-state index in [1.54, 1.807) is 0 Å². The van der Waals surface area contributed by atoms with E-state index in [-0.39, 0.29) is 17.2 Å². The first kappa shape index (κ1) is 9.51. The number of rotatable bonds is 3. The minimum Gasteiger partial charge on any atom is -0.506 e. The molecule has 1 aromatic rings. The van der Waals surface area contributed by atoms with E-state index in [0.29, 0.717) is 12.2 Å². The van der Waals surface area contributed by atoms with Crippen molar-refractivity contribution in [1.82, 2.24) is 0 Å². The summed E-state index contributed by atoms with van der Waals surface area (Å²) in [5, 5.41) is 21.7. The van der Waals surface area contributed by atoms with Crippen LogP contribution >= 0.6 is 0 Å². The SMILES string of the molecule is CCNc1cc(O)c(OC)cc1O. The predicted molar refractivity (Wildman–Crippen MR) is 50.5 cm³/mol. The number of phenols is 2. The molecule has 4 nitrogen and oxygen atoms in total. The molecule has 0 aliphatic rings. The molecule has 3 N–H and O–H groups in total. The van der Waals surface area contributed by atoms with Gasteiger partial charge in [0.2, 0.25) is 0 Å². The lowest BCUT2D eigenvalue weighted by molar-refractivity contribution is 0.369. The van der Waals surface area contributed by atoms with Crippen molar-refractivity contribution in [2.75, 3.05) is 19.0 Å². The van der Waals surface area contributed by atoms with Gasteiger partial charge in [-0.3, -0.25) is 0 Å². The van der Waals surface area contributed by atoms with Gasteiger partial charge in [0.25, 0.3) is 0 Å². The summed E-state index contributed by atoms with van der Waals surface area (Å²) in [4.78, 5) is 0. The molecule has 0 aliphatic heterocycles. The maximum Gasteiger partial charge on any atom is 0.164 e. The minimum absolute atomic E-state index is 0.0104. The lowest BCUT2D eigenvalue weighted by Crippen LogP contribution is -1.97. The van der Waals surface area contributed by atoms with Crippen molar-refractivity contribution in [2.45, 2.75) is 6.92 Å². The second kappa shape index (κ2) is 3.89. The van der Waals surface area contributed by atoms with E-state index in [4.69, 9.17) is 4.74 Å². The molecule has 72 valence electrons. The summed E-state index contributed by atoms with van der Waals surface area (Å²) in [6.07, 6.45) is 0. The first-order valence-electron chi connectivity index (χ1n) is 4.02. The molecule has 1 aromatic carbocycles. The largest absolute Gasteiger partial charge is 0.506 e. The summed E-state index contributed by atoms with van der Waals surface area (Å²) < 4.78 is 4.82. The van der Waals surface area contributed by atoms with E-state index < -0.39 is 0 Å². The minimum atomic E-state index is 0.0104. The van der Waals surface area contributed by atoms with Gasteiger partial charge in [-0.25, -0.2) is 0 Å². The van der Waals surface area contributed by atoms with Crippen LogP contribution in [-0.4, -0.2) is 23.9 Å². The lowest BCUT2D eigenvalue weighted by atomic mass is 10.2. The molecular weight excluding hydrogens is 170 g/mol. The first-order valence-corrected chi connectivity index (χ1v) is 4.02. The molecule has 0 saturated heterocycles. The molecule has 0 atom stereocenters. The van der Waals surface area contributed by atoms with E-state index in [1.165, 1.54) is 19.2 Å². The third-order valence-corrected chi connectivity index (χ3v) is 1.66. The number of benzene rings is 1. The first-order chi connectivity index (χ1) is 6.19. The van der Waals surface area contributed by atoms with Crippen LogP contribution in [-0.2, 0) is 0 Å². The van der Waals surface area contributed by atoms with Gasteiger partial charge < -0.3 is 20.3 Å². The number of anilines is 1. The Bertz CT molecular complexity index is 299. The molecule has 0 spiro atoms. The molecule has 0 unspecified atom stereocenters. The number of nitrogens with one attached hydrogen (secondary N) is 1. The molecule has 0 aromatic heterocycles. The zero-order chi connectivity index (χ0) is 9.84. The quantitative estimate of drug-likeness (QED) is 0.491. The van der Waals surface area contributed by atoms with E-state index in [2.05, 4.69) is 5.32 Å². The third kappa shape index (κ3) is 1.96. The molecule has 4 heteroatoms. The highest BCUT2D eigenvalue weighted by atomic mass is 16.5. The molecule has 0 saturated carbocycles. The monoisotopic (exact) mass is 183 g/mol. The van der Waals surface area contributed by atoms with Gasteiger partial charge in [0, 0.05) is 18.7 Å². The molecule has 0 heterocycles. The molecular formula is C9H13NO3. The Morgan fingerprint density at radius 1 is 1.31 bits per heavy atom. The van der Waals surface area contributed by atoms with Crippen LogP contribution in [0.3, 0.4) is 0 Å². The van der Waals surface area contributed by atoms with Crippen molar-refractivity contribution in [3.63, 3.8) is 0 Å². The fourth-order valence-electron chi connectivity index (χ4n) is 1.05. The van der Waals surface area contributed by atoms with Crippen molar-refractivity contribution in [1.29, 1.82) is 0 Å². The van der Waals surface area contributed by atoms with Crippen molar-refractivity contribution in [2.24, 2.45) is 0 Å². The predicted octanol–water partition coefficient (Wildman–Crippen LogP) is 1.54. The zero-order valence-electron chi connectivity index (χ0n) is 7.66. The number of methoxy groups -OCH3 is 1. The molecule has 0 fully saturated rings. The Morgan fingerprint density at radius 3 is 2.54 bits per heavy atom. The van der Waals surface area contributed by atoms with Gasteiger partial charge in [0.1, 0.15) is 5.75 Å². The van der Waals surface area contributed by atoms with Gasteiger partial charge in [0.15, 0.2) is 11.5 Å². The van der Waals surface area contributed by atoms with E-state index in [0.717, 1.165) is 0 Å². The summed E-state index contributed by atoms with van der Waals surface area (Å²) >= 11 is 0. The second-order valence-corrected chi connectivity index (χ2v) is 2.57. The van der Waals surface area contributed by atoms with Gasteiger partial charge >= 0.3 is 0 Å². The summed E-state index contributed by atoms with van der Waals surface area (Å²) in [6.45, 7) is 2.58.